The fraction of sp³-hybridized carbons (Fsp3) is 0.294. The third-order valence-corrected chi connectivity index (χ3v) is 5.02. The summed E-state index contributed by atoms with van der Waals surface area (Å²) in [4.78, 5) is 0.896. The summed E-state index contributed by atoms with van der Waals surface area (Å²) in [6.45, 7) is 6.05. The van der Waals surface area contributed by atoms with Gasteiger partial charge in [0, 0.05) is 16.7 Å². The molecule has 106 valence electrons. The second kappa shape index (κ2) is 6.33. The molecule has 0 amide bonds. The molecule has 2 N–H and O–H groups in total. The Morgan fingerprint density at radius 2 is 1.60 bits per heavy atom. The predicted octanol–water partition coefficient (Wildman–Crippen LogP) is 3.42. The summed E-state index contributed by atoms with van der Waals surface area (Å²) >= 11 is 0. The Hall–Kier alpha value is -1.45. The minimum absolute atomic E-state index is 0.198. The Morgan fingerprint density at radius 3 is 2.25 bits per heavy atom. The molecule has 2 nitrogen and oxygen atoms in total. The maximum atomic E-state index is 12.5. The van der Waals surface area contributed by atoms with Gasteiger partial charge in [0.15, 0.2) is 0 Å². The SMILES string of the molecule is Cc1ccc(C(N)CS(=O)c2cc(C)ccc2C)cc1. The molecular weight excluding hydrogens is 266 g/mol. The van der Waals surface area contributed by atoms with Gasteiger partial charge in [-0.05, 0) is 43.5 Å². The third-order valence-electron chi connectivity index (χ3n) is 3.43. The van der Waals surface area contributed by atoms with Crippen LogP contribution in [-0.2, 0) is 10.8 Å². The van der Waals surface area contributed by atoms with E-state index in [4.69, 9.17) is 5.73 Å². The van der Waals surface area contributed by atoms with Gasteiger partial charge in [0.2, 0.25) is 0 Å². The van der Waals surface area contributed by atoms with Crippen LogP contribution in [0.2, 0.25) is 0 Å². The second-order valence-electron chi connectivity index (χ2n) is 5.30. The lowest BCUT2D eigenvalue weighted by Gasteiger charge is -2.13. The molecule has 0 aliphatic rings. The van der Waals surface area contributed by atoms with Gasteiger partial charge in [-0.2, -0.15) is 0 Å². The Balaban J connectivity index is 2.15. The zero-order valence-electron chi connectivity index (χ0n) is 12.2. The maximum absolute atomic E-state index is 12.5. The topological polar surface area (TPSA) is 43.1 Å². The summed E-state index contributed by atoms with van der Waals surface area (Å²) in [6.07, 6.45) is 0. The molecular formula is C17H21NOS. The molecule has 0 radical (unpaired) electrons. The fourth-order valence-corrected chi connectivity index (χ4v) is 3.56. The zero-order valence-corrected chi connectivity index (χ0v) is 13.0. The average molecular weight is 287 g/mol. The monoisotopic (exact) mass is 287 g/mol. The third kappa shape index (κ3) is 3.56. The van der Waals surface area contributed by atoms with Crippen molar-refractivity contribution >= 4 is 10.8 Å². The number of aryl methyl sites for hydroxylation is 3. The minimum Gasteiger partial charge on any atom is -0.323 e. The first kappa shape index (κ1) is 14.9. The molecule has 2 unspecified atom stereocenters. The highest BCUT2D eigenvalue weighted by molar-refractivity contribution is 7.85. The predicted molar refractivity (Wildman–Crippen MR) is 85.3 cm³/mol. The van der Waals surface area contributed by atoms with E-state index in [1.165, 1.54) is 5.56 Å². The first-order valence-corrected chi connectivity index (χ1v) is 8.07. The molecule has 0 aliphatic carbocycles. The number of hydrogen-bond donors (Lipinski definition) is 1. The van der Waals surface area contributed by atoms with Crippen molar-refractivity contribution in [3.05, 3.63) is 64.7 Å². The molecule has 2 atom stereocenters. The van der Waals surface area contributed by atoms with Crippen molar-refractivity contribution in [2.45, 2.75) is 31.7 Å². The van der Waals surface area contributed by atoms with Crippen LogP contribution in [0, 0.1) is 20.8 Å². The van der Waals surface area contributed by atoms with E-state index in [0.717, 1.165) is 21.6 Å². The summed E-state index contributed by atoms with van der Waals surface area (Å²) in [7, 11) is -1.07. The molecule has 0 fully saturated rings. The van der Waals surface area contributed by atoms with Crippen LogP contribution in [0.25, 0.3) is 0 Å². The van der Waals surface area contributed by atoms with Crippen LogP contribution in [0.4, 0.5) is 0 Å². The van der Waals surface area contributed by atoms with Gasteiger partial charge < -0.3 is 5.73 Å². The molecule has 3 heteroatoms. The fourth-order valence-electron chi connectivity index (χ4n) is 2.12. The Kier molecular flexibility index (Phi) is 4.73. The molecule has 20 heavy (non-hydrogen) atoms. The van der Waals surface area contributed by atoms with Crippen molar-refractivity contribution in [3.8, 4) is 0 Å². The van der Waals surface area contributed by atoms with Crippen LogP contribution in [-0.4, -0.2) is 9.96 Å². The molecule has 0 saturated carbocycles. The molecule has 2 aromatic rings. The van der Waals surface area contributed by atoms with Crippen LogP contribution in [0.3, 0.4) is 0 Å². The van der Waals surface area contributed by atoms with E-state index in [1.807, 2.05) is 63.2 Å². The van der Waals surface area contributed by atoms with Crippen LogP contribution in [0.1, 0.15) is 28.3 Å². The normalized spacial score (nSPS) is 14.0. The van der Waals surface area contributed by atoms with Crippen molar-refractivity contribution in [1.82, 2.24) is 0 Å². The summed E-state index contributed by atoms with van der Waals surface area (Å²) in [5.74, 6) is 0.452. The minimum atomic E-state index is -1.07. The lowest BCUT2D eigenvalue weighted by molar-refractivity contribution is 0.674. The molecule has 0 heterocycles. The second-order valence-corrected chi connectivity index (χ2v) is 6.76. The molecule has 0 saturated heterocycles. The van der Waals surface area contributed by atoms with E-state index in [2.05, 4.69) is 0 Å². The summed E-state index contributed by atoms with van der Waals surface area (Å²) < 4.78 is 12.5. The van der Waals surface area contributed by atoms with Gasteiger partial charge in [0.1, 0.15) is 0 Å². The van der Waals surface area contributed by atoms with E-state index in [0.29, 0.717) is 5.75 Å². The van der Waals surface area contributed by atoms with Gasteiger partial charge in [-0.1, -0.05) is 42.0 Å². The molecule has 0 bridgehead atoms. The highest BCUT2D eigenvalue weighted by Gasteiger charge is 2.14. The molecule has 2 rings (SSSR count). The quantitative estimate of drug-likeness (QED) is 0.936. The number of hydrogen-bond acceptors (Lipinski definition) is 2. The Labute approximate surface area is 123 Å². The van der Waals surface area contributed by atoms with Crippen molar-refractivity contribution < 1.29 is 4.21 Å². The molecule has 0 spiro atoms. The van der Waals surface area contributed by atoms with Gasteiger partial charge in [0.25, 0.3) is 0 Å². The standard InChI is InChI=1S/C17H21NOS/c1-12-5-8-15(9-6-12)16(18)11-20(19)17-10-13(2)4-7-14(17)3/h4-10,16H,11,18H2,1-3H3. The van der Waals surface area contributed by atoms with Crippen LogP contribution in [0.5, 0.6) is 0 Å². The summed E-state index contributed by atoms with van der Waals surface area (Å²) in [6, 6.07) is 14.0. The van der Waals surface area contributed by atoms with E-state index in [1.54, 1.807) is 0 Å². The van der Waals surface area contributed by atoms with Crippen molar-refractivity contribution in [3.63, 3.8) is 0 Å². The Bertz CT molecular complexity index is 619. The lowest BCUT2D eigenvalue weighted by Crippen LogP contribution is -2.18. The van der Waals surface area contributed by atoms with Gasteiger partial charge in [0.05, 0.1) is 10.8 Å². The van der Waals surface area contributed by atoms with Crippen molar-refractivity contribution in [1.29, 1.82) is 0 Å². The van der Waals surface area contributed by atoms with Gasteiger partial charge in [-0.15, -0.1) is 0 Å². The molecule has 2 aromatic carbocycles. The number of nitrogens with two attached hydrogens (primary N) is 1. The number of rotatable bonds is 4. The average Bonchev–Trinajstić information content (AvgIpc) is 2.42. The number of benzene rings is 2. The van der Waals surface area contributed by atoms with Gasteiger partial charge >= 0.3 is 0 Å². The van der Waals surface area contributed by atoms with E-state index in [9.17, 15) is 4.21 Å². The summed E-state index contributed by atoms with van der Waals surface area (Å²) in [5, 5.41) is 0. The highest BCUT2D eigenvalue weighted by Crippen LogP contribution is 2.19. The zero-order chi connectivity index (χ0) is 14.7. The van der Waals surface area contributed by atoms with Crippen LogP contribution < -0.4 is 5.73 Å². The summed E-state index contributed by atoms with van der Waals surface area (Å²) in [5.41, 5.74) is 10.6. The van der Waals surface area contributed by atoms with E-state index in [-0.39, 0.29) is 6.04 Å². The van der Waals surface area contributed by atoms with Crippen molar-refractivity contribution in [2.24, 2.45) is 5.73 Å². The van der Waals surface area contributed by atoms with Gasteiger partial charge in [-0.3, -0.25) is 4.21 Å². The molecule has 0 aliphatic heterocycles. The first-order valence-electron chi connectivity index (χ1n) is 6.75. The first-order chi connectivity index (χ1) is 9.47. The highest BCUT2D eigenvalue weighted by atomic mass is 32.2. The van der Waals surface area contributed by atoms with Crippen molar-refractivity contribution in [2.75, 3.05) is 5.75 Å². The van der Waals surface area contributed by atoms with E-state index < -0.39 is 10.8 Å². The smallest absolute Gasteiger partial charge is 0.0551 e. The largest absolute Gasteiger partial charge is 0.323 e. The Morgan fingerprint density at radius 1 is 1.00 bits per heavy atom. The van der Waals surface area contributed by atoms with Crippen LogP contribution in [0.15, 0.2) is 47.4 Å². The maximum Gasteiger partial charge on any atom is 0.0551 e. The van der Waals surface area contributed by atoms with E-state index >= 15 is 0 Å². The van der Waals surface area contributed by atoms with Crippen LogP contribution >= 0.6 is 0 Å². The van der Waals surface area contributed by atoms with Gasteiger partial charge in [-0.25, -0.2) is 0 Å². The molecule has 0 aromatic heterocycles. The lowest BCUT2D eigenvalue weighted by atomic mass is 10.1.